The maximum atomic E-state index is 13.4. The second kappa shape index (κ2) is 7.44. The Labute approximate surface area is 168 Å². The number of imide groups is 1. The molecule has 0 atom stereocenters. The quantitative estimate of drug-likeness (QED) is 0.593. The van der Waals surface area contributed by atoms with Gasteiger partial charge in [0.25, 0.3) is 11.8 Å². The summed E-state index contributed by atoms with van der Waals surface area (Å²) >= 11 is 1.46. The first-order valence-electron chi connectivity index (χ1n) is 9.16. The molecular formula is C23H20N2O2S. The molecule has 2 heterocycles. The fourth-order valence-corrected chi connectivity index (χ4v) is 4.13. The van der Waals surface area contributed by atoms with Crippen molar-refractivity contribution in [3.05, 3.63) is 88.2 Å². The number of hydrogen-bond donors (Lipinski definition) is 0. The zero-order valence-corrected chi connectivity index (χ0v) is 16.6. The second-order valence-corrected chi connectivity index (χ2v) is 7.51. The Morgan fingerprint density at radius 2 is 1.61 bits per heavy atom. The van der Waals surface area contributed by atoms with Crippen molar-refractivity contribution in [2.24, 2.45) is 0 Å². The number of carbonyl (C=O) groups excluding carboxylic acids is 2. The minimum absolute atomic E-state index is 0.283. The topological polar surface area (TPSA) is 40.6 Å². The summed E-state index contributed by atoms with van der Waals surface area (Å²) in [4.78, 5) is 30.6. The summed E-state index contributed by atoms with van der Waals surface area (Å²) in [5.74, 6) is -0.585. The molecular weight excluding hydrogens is 368 g/mol. The van der Waals surface area contributed by atoms with E-state index in [-0.39, 0.29) is 11.8 Å². The number of likely N-dealkylation sites (N-methyl/N-ethyl adjacent to an activating group) is 1. The lowest BCUT2D eigenvalue weighted by molar-refractivity contribution is -0.120. The number of anilines is 2. The van der Waals surface area contributed by atoms with Gasteiger partial charge in [-0.2, -0.15) is 0 Å². The number of aryl methyl sites for hydroxylation is 1. The van der Waals surface area contributed by atoms with Crippen molar-refractivity contribution in [3.63, 3.8) is 0 Å². The molecule has 4 rings (SSSR count). The number of amides is 2. The van der Waals surface area contributed by atoms with Gasteiger partial charge in [0.2, 0.25) is 0 Å². The maximum Gasteiger partial charge on any atom is 0.282 e. The van der Waals surface area contributed by atoms with Crippen molar-refractivity contribution in [2.45, 2.75) is 13.3 Å². The van der Waals surface area contributed by atoms with Gasteiger partial charge in [-0.1, -0.05) is 43.3 Å². The molecule has 140 valence electrons. The van der Waals surface area contributed by atoms with Gasteiger partial charge in [0.05, 0.1) is 11.3 Å². The molecule has 0 unspecified atom stereocenters. The highest BCUT2D eigenvalue weighted by atomic mass is 32.1. The van der Waals surface area contributed by atoms with Gasteiger partial charge in [-0.3, -0.25) is 9.59 Å². The number of carbonyl (C=O) groups is 2. The van der Waals surface area contributed by atoms with Gasteiger partial charge >= 0.3 is 0 Å². The summed E-state index contributed by atoms with van der Waals surface area (Å²) in [5, 5.41) is 1.92. The number of rotatable bonds is 5. The maximum absolute atomic E-state index is 13.4. The normalized spacial score (nSPS) is 14.1. The van der Waals surface area contributed by atoms with Gasteiger partial charge in [-0.15, -0.1) is 11.3 Å². The van der Waals surface area contributed by atoms with Gasteiger partial charge in [-0.05, 0) is 47.7 Å². The van der Waals surface area contributed by atoms with Gasteiger partial charge in [-0.25, -0.2) is 4.90 Å². The van der Waals surface area contributed by atoms with Crippen molar-refractivity contribution in [1.82, 2.24) is 0 Å². The van der Waals surface area contributed by atoms with E-state index in [2.05, 4.69) is 6.92 Å². The van der Waals surface area contributed by atoms with Crippen molar-refractivity contribution in [1.29, 1.82) is 0 Å². The van der Waals surface area contributed by atoms with Crippen molar-refractivity contribution >= 4 is 40.1 Å². The number of nitrogens with zero attached hydrogens (tertiary/aromatic N) is 2. The van der Waals surface area contributed by atoms with Crippen LogP contribution in [0.4, 0.5) is 11.4 Å². The third-order valence-corrected chi connectivity index (χ3v) is 5.80. The van der Waals surface area contributed by atoms with E-state index in [1.165, 1.54) is 16.2 Å². The van der Waals surface area contributed by atoms with E-state index >= 15 is 0 Å². The summed E-state index contributed by atoms with van der Waals surface area (Å²) in [6.07, 6.45) is 0.906. The minimum Gasteiger partial charge on any atom is -0.339 e. The summed E-state index contributed by atoms with van der Waals surface area (Å²) in [5.41, 5.74) is 3.47. The molecule has 0 spiro atoms. The Morgan fingerprint density at radius 1 is 0.893 bits per heavy atom. The molecule has 1 aliphatic heterocycles. The van der Waals surface area contributed by atoms with Crippen LogP contribution in [0.5, 0.6) is 0 Å². The molecule has 5 heteroatoms. The molecule has 0 fully saturated rings. The first-order chi connectivity index (χ1) is 13.6. The van der Waals surface area contributed by atoms with Crippen molar-refractivity contribution in [3.8, 4) is 0 Å². The third kappa shape index (κ3) is 3.04. The first-order valence-corrected chi connectivity index (χ1v) is 10.0. The Morgan fingerprint density at radius 3 is 2.21 bits per heavy atom. The minimum atomic E-state index is -0.302. The predicted octanol–water partition coefficient (Wildman–Crippen LogP) is 4.73. The van der Waals surface area contributed by atoms with E-state index in [1.54, 1.807) is 4.90 Å². The smallest absolute Gasteiger partial charge is 0.282 e. The zero-order chi connectivity index (χ0) is 19.7. The molecule has 1 aliphatic rings. The Bertz CT molecular complexity index is 1040. The Hall–Kier alpha value is -3.18. The summed E-state index contributed by atoms with van der Waals surface area (Å²) in [6.45, 7) is 2.07. The molecule has 3 aromatic rings. The molecule has 4 nitrogen and oxygen atoms in total. The number of hydrogen-bond acceptors (Lipinski definition) is 4. The SMILES string of the molecule is CCc1ccc(N2C(=O)C(c3cccs3)=C(N(C)c3ccccc3)C2=O)cc1. The number of para-hydroxylation sites is 1. The van der Waals surface area contributed by atoms with Gasteiger partial charge in [0.1, 0.15) is 5.70 Å². The number of benzene rings is 2. The summed E-state index contributed by atoms with van der Waals surface area (Å²) in [6, 6.07) is 21.0. The van der Waals surface area contributed by atoms with Gasteiger partial charge in [0.15, 0.2) is 0 Å². The molecule has 2 aromatic carbocycles. The predicted molar refractivity (Wildman–Crippen MR) is 114 cm³/mol. The van der Waals surface area contributed by atoms with Crippen LogP contribution >= 0.6 is 11.3 Å². The molecule has 0 bridgehead atoms. The highest BCUT2D eigenvalue weighted by Gasteiger charge is 2.42. The highest BCUT2D eigenvalue weighted by molar-refractivity contribution is 7.11. The van der Waals surface area contributed by atoms with Crippen LogP contribution in [0.2, 0.25) is 0 Å². The van der Waals surface area contributed by atoms with E-state index in [9.17, 15) is 9.59 Å². The lowest BCUT2D eigenvalue weighted by atomic mass is 10.1. The largest absolute Gasteiger partial charge is 0.339 e. The van der Waals surface area contributed by atoms with Gasteiger partial charge < -0.3 is 4.90 Å². The molecule has 0 radical (unpaired) electrons. The highest BCUT2D eigenvalue weighted by Crippen LogP contribution is 2.37. The number of thiophene rings is 1. The van der Waals surface area contributed by atoms with Crippen LogP contribution in [-0.4, -0.2) is 18.9 Å². The fourth-order valence-electron chi connectivity index (χ4n) is 3.37. The van der Waals surface area contributed by atoms with E-state index in [0.29, 0.717) is 17.0 Å². The van der Waals surface area contributed by atoms with Crippen molar-refractivity contribution < 1.29 is 9.59 Å². The van der Waals surface area contributed by atoms with Crippen LogP contribution in [0, 0.1) is 0 Å². The molecule has 0 saturated heterocycles. The zero-order valence-electron chi connectivity index (χ0n) is 15.8. The third-order valence-electron chi connectivity index (χ3n) is 4.91. The second-order valence-electron chi connectivity index (χ2n) is 6.56. The van der Waals surface area contributed by atoms with Crippen LogP contribution in [-0.2, 0) is 16.0 Å². The van der Waals surface area contributed by atoms with E-state index in [0.717, 1.165) is 22.5 Å². The monoisotopic (exact) mass is 388 g/mol. The average Bonchev–Trinajstić information content (AvgIpc) is 3.34. The van der Waals surface area contributed by atoms with Crippen LogP contribution in [0.1, 0.15) is 17.4 Å². The molecule has 0 saturated carbocycles. The van der Waals surface area contributed by atoms with Crippen molar-refractivity contribution in [2.75, 3.05) is 16.8 Å². The summed E-state index contributed by atoms with van der Waals surface area (Å²) < 4.78 is 0. The molecule has 2 amide bonds. The lowest BCUT2D eigenvalue weighted by Crippen LogP contribution is -2.34. The molecule has 0 aliphatic carbocycles. The lowest BCUT2D eigenvalue weighted by Gasteiger charge is -2.21. The molecule has 1 aromatic heterocycles. The first kappa shape index (κ1) is 18.2. The Balaban J connectivity index is 1.82. The van der Waals surface area contributed by atoms with E-state index < -0.39 is 0 Å². The standard InChI is InChI=1S/C23H20N2O2S/c1-3-16-11-13-18(14-12-16)25-22(26)20(19-10-7-15-28-19)21(23(25)27)24(2)17-8-5-4-6-9-17/h4-15H,3H2,1-2H3. The van der Waals surface area contributed by atoms with E-state index in [1.807, 2.05) is 79.2 Å². The van der Waals surface area contributed by atoms with Gasteiger partial charge in [0, 0.05) is 17.6 Å². The fraction of sp³-hybridized carbons (Fsp3) is 0.130. The van der Waals surface area contributed by atoms with E-state index in [4.69, 9.17) is 0 Å². The Kier molecular flexibility index (Phi) is 4.84. The van der Waals surface area contributed by atoms with Crippen LogP contribution in [0.25, 0.3) is 5.57 Å². The molecule has 0 N–H and O–H groups in total. The van der Waals surface area contributed by atoms with Crippen LogP contribution in [0.3, 0.4) is 0 Å². The summed E-state index contributed by atoms with van der Waals surface area (Å²) in [7, 11) is 1.83. The van der Waals surface area contributed by atoms with Crippen LogP contribution in [0.15, 0.2) is 77.8 Å². The average molecular weight is 388 g/mol. The molecule has 28 heavy (non-hydrogen) atoms. The van der Waals surface area contributed by atoms with Crippen LogP contribution < -0.4 is 9.80 Å².